The maximum absolute atomic E-state index is 13.4. The lowest BCUT2D eigenvalue weighted by molar-refractivity contribution is -0.115. The molecule has 0 bridgehead atoms. The topological polar surface area (TPSA) is 49.3 Å². The predicted molar refractivity (Wildman–Crippen MR) is 71.8 cm³/mol. The highest BCUT2D eigenvalue weighted by Gasteiger charge is 2.11. The normalized spacial score (nSPS) is 10.3. The molecule has 0 aliphatic carbocycles. The Morgan fingerprint density at radius 1 is 1.20 bits per heavy atom. The minimum Gasteiger partial charge on any atom is -0.508 e. The van der Waals surface area contributed by atoms with E-state index in [1.807, 2.05) is 0 Å². The van der Waals surface area contributed by atoms with Gasteiger partial charge < -0.3 is 10.4 Å². The Morgan fingerprint density at radius 3 is 2.60 bits per heavy atom. The number of hydrogen-bond acceptors (Lipinski definition) is 2. The van der Waals surface area contributed by atoms with E-state index in [2.05, 4.69) is 5.32 Å². The number of anilines is 1. The van der Waals surface area contributed by atoms with E-state index in [0.29, 0.717) is 5.69 Å². The van der Waals surface area contributed by atoms with Crippen LogP contribution in [0.15, 0.2) is 36.4 Å². The van der Waals surface area contributed by atoms with E-state index in [9.17, 15) is 18.7 Å². The summed E-state index contributed by atoms with van der Waals surface area (Å²) in [6.45, 7) is 0. The molecule has 20 heavy (non-hydrogen) atoms. The van der Waals surface area contributed by atoms with Crippen LogP contribution in [0.1, 0.15) is 5.56 Å². The molecule has 2 aromatic carbocycles. The van der Waals surface area contributed by atoms with Gasteiger partial charge >= 0.3 is 0 Å². The molecule has 3 nitrogen and oxygen atoms in total. The molecule has 0 aliphatic rings. The molecule has 0 aromatic heterocycles. The molecule has 0 spiro atoms. The van der Waals surface area contributed by atoms with Crippen molar-refractivity contribution in [2.75, 3.05) is 5.32 Å². The number of rotatable bonds is 3. The number of hydrogen-bond donors (Lipinski definition) is 2. The molecule has 2 aromatic rings. The lowest BCUT2D eigenvalue weighted by Gasteiger charge is -2.08. The molecule has 0 heterocycles. The summed E-state index contributed by atoms with van der Waals surface area (Å²) >= 11 is 5.83. The van der Waals surface area contributed by atoms with Crippen molar-refractivity contribution in [3.8, 4) is 5.75 Å². The minimum absolute atomic E-state index is 0.0300. The van der Waals surface area contributed by atoms with Crippen LogP contribution in [0.25, 0.3) is 0 Å². The first-order valence-electron chi connectivity index (χ1n) is 5.68. The molecule has 0 unspecified atom stereocenters. The lowest BCUT2D eigenvalue weighted by atomic mass is 10.1. The Bertz CT molecular complexity index is 606. The average Bonchev–Trinajstić information content (AvgIpc) is 2.36. The Hall–Kier alpha value is -2.14. The number of nitrogens with one attached hydrogen (secondary N) is 1. The van der Waals surface area contributed by atoms with E-state index in [4.69, 9.17) is 11.6 Å². The van der Waals surface area contributed by atoms with E-state index in [-0.39, 0.29) is 22.8 Å². The third-order valence-electron chi connectivity index (χ3n) is 2.59. The zero-order chi connectivity index (χ0) is 14.7. The van der Waals surface area contributed by atoms with E-state index in [1.54, 1.807) is 0 Å². The number of aromatic hydroxyl groups is 1. The average molecular weight is 298 g/mol. The SMILES string of the molecule is O=C(Cc1ccc(F)cc1F)Nc1ccc(O)cc1Cl. The first-order chi connectivity index (χ1) is 9.45. The predicted octanol–water partition coefficient (Wildman–Crippen LogP) is 3.51. The van der Waals surface area contributed by atoms with Gasteiger partial charge in [-0.2, -0.15) is 0 Å². The highest BCUT2D eigenvalue weighted by Crippen LogP contribution is 2.26. The van der Waals surface area contributed by atoms with Gasteiger partial charge in [-0.1, -0.05) is 17.7 Å². The second-order valence-electron chi connectivity index (χ2n) is 4.12. The molecule has 0 aliphatic heterocycles. The molecule has 2 rings (SSSR count). The van der Waals surface area contributed by atoms with Crippen molar-refractivity contribution in [2.24, 2.45) is 0 Å². The number of halogens is 3. The van der Waals surface area contributed by atoms with Crippen molar-refractivity contribution in [1.82, 2.24) is 0 Å². The molecule has 104 valence electrons. The number of phenols is 1. The van der Waals surface area contributed by atoms with Crippen LogP contribution in [-0.2, 0) is 11.2 Å². The first kappa shape index (κ1) is 14.3. The van der Waals surface area contributed by atoms with Crippen LogP contribution in [-0.4, -0.2) is 11.0 Å². The van der Waals surface area contributed by atoms with Crippen LogP contribution in [0.3, 0.4) is 0 Å². The fraction of sp³-hybridized carbons (Fsp3) is 0.0714. The quantitative estimate of drug-likeness (QED) is 0.852. The van der Waals surface area contributed by atoms with E-state index in [0.717, 1.165) is 12.1 Å². The number of amides is 1. The summed E-state index contributed by atoms with van der Waals surface area (Å²) in [5, 5.41) is 11.8. The largest absolute Gasteiger partial charge is 0.508 e. The van der Waals surface area contributed by atoms with Gasteiger partial charge in [-0.25, -0.2) is 8.78 Å². The molecule has 0 radical (unpaired) electrons. The number of benzene rings is 2. The molecule has 0 saturated heterocycles. The Morgan fingerprint density at radius 2 is 1.95 bits per heavy atom. The summed E-state index contributed by atoms with van der Waals surface area (Å²) in [6, 6.07) is 7.07. The van der Waals surface area contributed by atoms with Crippen molar-refractivity contribution < 1.29 is 18.7 Å². The van der Waals surface area contributed by atoms with Gasteiger partial charge in [-0.05, 0) is 23.8 Å². The summed E-state index contributed by atoms with van der Waals surface area (Å²) < 4.78 is 26.1. The van der Waals surface area contributed by atoms with E-state index >= 15 is 0 Å². The smallest absolute Gasteiger partial charge is 0.228 e. The Balaban J connectivity index is 2.09. The van der Waals surface area contributed by atoms with Crippen molar-refractivity contribution in [2.45, 2.75) is 6.42 Å². The van der Waals surface area contributed by atoms with Gasteiger partial charge in [0.05, 0.1) is 17.1 Å². The maximum Gasteiger partial charge on any atom is 0.228 e. The van der Waals surface area contributed by atoms with Crippen molar-refractivity contribution in [3.63, 3.8) is 0 Å². The molecule has 1 amide bonds. The fourth-order valence-corrected chi connectivity index (χ4v) is 1.86. The summed E-state index contributed by atoms with van der Waals surface area (Å²) in [5.41, 5.74) is 0.385. The maximum atomic E-state index is 13.4. The first-order valence-corrected chi connectivity index (χ1v) is 6.06. The molecule has 0 atom stereocenters. The van der Waals surface area contributed by atoms with Gasteiger partial charge in [0.15, 0.2) is 0 Å². The van der Waals surface area contributed by atoms with Gasteiger partial charge in [0.2, 0.25) is 5.91 Å². The second kappa shape index (κ2) is 5.88. The van der Waals surface area contributed by atoms with Gasteiger partial charge in [-0.3, -0.25) is 4.79 Å². The molecular weight excluding hydrogens is 288 g/mol. The van der Waals surface area contributed by atoms with Crippen LogP contribution in [0.5, 0.6) is 5.75 Å². The van der Waals surface area contributed by atoms with Crippen molar-refractivity contribution >= 4 is 23.2 Å². The van der Waals surface area contributed by atoms with Crippen LogP contribution in [0.4, 0.5) is 14.5 Å². The van der Waals surface area contributed by atoms with Gasteiger partial charge in [0, 0.05) is 12.1 Å². The molecular formula is C14H10ClF2NO2. The summed E-state index contributed by atoms with van der Waals surface area (Å²) in [5.74, 6) is -2.01. The molecule has 0 saturated carbocycles. The third-order valence-corrected chi connectivity index (χ3v) is 2.91. The van der Waals surface area contributed by atoms with Crippen LogP contribution < -0.4 is 5.32 Å². The van der Waals surface area contributed by atoms with Crippen LogP contribution >= 0.6 is 11.6 Å². The minimum atomic E-state index is -0.781. The van der Waals surface area contributed by atoms with Gasteiger partial charge in [0.25, 0.3) is 0 Å². The third kappa shape index (κ3) is 3.45. The number of carbonyl (C=O) groups is 1. The van der Waals surface area contributed by atoms with E-state index in [1.165, 1.54) is 24.3 Å². The number of carbonyl (C=O) groups excluding carboxylic acids is 1. The number of phenolic OH excluding ortho intramolecular Hbond substituents is 1. The fourth-order valence-electron chi connectivity index (χ4n) is 1.64. The highest BCUT2D eigenvalue weighted by atomic mass is 35.5. The summed E-state index contributed by atoms with van der Waals surface area (Å²) in [4.78, 5) is 11.8. The zero-order valence-electron chi connectivity index (χ0n) is 10.2. The molecule has 6 heteroatoms. The molecule has 0 fully saturated rings. The standard InChI is InChI=1S/C14H10ClF2NO2/c15-11-7-10(19)3-4-13(11)18-14(20)5-8-1-2-9(16)6-12(8)17/h1-4,6-7,19H,5H2,(H,18,20). The van der Waals surface area contributed by atoms with E-state index < -0.39 is 17.5 Å². The van der Waals surface area contributed by atoms with Crippen molar-refractivity contribution in [3.05, 3.63) is 58.6 Å². The Kier molecular flexibility index (Phi) is 4.20. The summed E-state index contributed by atoms with van der Waals surface area (Å²) in [7, 11) is 0. The monoisotopic (exact) mass is 297 g/mol. The van der Waals surface area contributed by atoms with Crippen LogP contribution in [0.2, 0.25) is 5.02 Å². The lowest BCUT2D eigenvalue weighted by Crippen LogP contribution is -2.15. The Labute approximate surface area is 118 Å². The van der Waals surface area contributed by atoms with Gasteiger partial charge in [0.1, 0.15) is 17.4 Å². The van der Waals surface area contributed by atoms with Crippen LogP contribution in [0, 0.1) is 11.6 Å². The highest BCUT2D eigenvalue weighted by molar-refractivity contribution is 6.33. The summed E-state index contributed by atoms with van der Waals surface area (Å²) in [6.07, 6.45) is -0.247. The van der Waals surface area contributed by atoms with Gasteiger partial charge in [-0.15, -0.1) is 0 Å². The van der Waals surface area contributed by atoms with Crippen molar-refractivity contribution in [1.29, 1.82) is 0 Å². The second-order valence-corrected chi connectivity index (χ2v) is 4.53. The zero-order valence-corrected chi connectivity index (χ0v) is 10.9. The molecule has 2 N–H and O–H groups in total.